The van der Waals surface area contributed by atoms with Crippen LogP contribution >= 0.6 is 0 Å². The molecule has 1 aromatic carbocycles. The molecule has 1 amide bonds. The van der Waals surface area contributed by atoms with Crippen LogP contribution in [0.15, 0.2) is 24.3 Å². The third-order valence-electron chi connectivity index (χ3n) is 4.38. The molecule has 0 aromatic heterocycles. The van der Waals surface area contributed by atoms with Crippen LogP contribution in [-0.4, -0.2) is 63.0 Å². The average Bonchev–Trinajstić information content (AvgIpc) is 2.94. The summed E-state index contributed by atoms with van der Waals surface area (Å²) in [6.07, 6.45) is 0.337. The van der Waals surface area contributed by atoms with E-state index in [1.807, 2.05) is 0 Å². The van der Waals surface area contributed by atoms with Crippen LogP contribution in [0, 0.1) is 0 Å². The van der Waals surface area contributed by atoms with Gasteiger partial charge in [0.15, 0.2) is 9.84 Å². The Morgan fingerprint density at radius 1 is 1.28 bits per heavy atom. The minimum absolute atomic E-state index is 0.0158. The first-order chi connectivity index (χ1) is 11.8. The third-order valence-corrected chi connectivity index (χ3v) is 6.13. The monoisotopic (exact) mass is 369 g/mol. The number of carbonyl (C=O) groups excluding carboxylic acids is 2. The van der Waals surface area contributed by atoms with Crippen LogP contribution in [0.1, 0.15) is 18.9 Å². The van der Waals surface area contributed by atoms with Crippen LogP contribution in [0.4, 0.5) is 0 Å². The van der Waals surface area contributed by atoms with Crippen molar-refractivity contribution in [3.63, 3.8) is 0 Å². The van der Waals surface area contributed by atoms with Gasteiger partial charge >= 0.3 is 5.97 Å². The topological polar surface area (TPSA) is 90.0 Å². The Balaban J connectivity index is 2.28. The molecule has 1 fully saturated rings. The van der Waals surface area contributed by atoms with E-state index in [1.54, 1.807) is 31.2 Å². The molecule has 0 N–H and O–H groups in total. The SMILES string of the molecule is COC(=O)[C@@H](C)N(C(=O)Cc1ccccc1OC)[C@@H]1CCS(=O)(=O)C1. The van der Waals surface area contributed by atoms with Gasteiger partial charge in [0, 0.05) is 11.6 Å². The largest absolute Gasteiger partial charge is 0.496 e. The molecule has 1 saturated heterocycles. The molecule has 1 aliphatic rings. The molecule has 8 heteroatoms. The minimum Gasteiger partial charge on any atom is -0.496 e. The smallest absolute Gasteiger partial charge is 0.328 e. The second kappa shape index (κ2) is 7.86. The van der Waals surface area contributed by atoms with E-state index < -0.39 is 27.9 Å². The van der Waals surface area contributed by atoms with Gasteiger partial charge in [-0.3, -0.25) is 4.79 Å². The summed E-state index contributed by atoms with van der Waals surface area (Å²) in [6, 6.07) is 5.72. The van der Waals surface area contributed by atoms with Crippen molar-refractivity contribution in [2.45, 2.75) is 31.8 Å². The Kier molecular flexibility index (Phi) is 6.05. The van der Waals surface area contributed by atoms with E-state index in [-0.39, 0.29) is 23.8 Å². The Morgan fingerprint density at radius 3 is 2.52 bits per heavy atom. The number of esters is 1. The molecular formula is C17H23NO6S. The maximum atomic E-state index is 12.9. The molecule has 0 unspecified atom stereocenters. The van der Waals surface area contributed by atoms with Crippen molar-refractivity contribution in [1.82, 2.24) is 4.90 Å². The van der Waals surface area contributed by atoms with Crippen molar-refractivity contribution in [1.29, 1.82) is 0 Å². The maximum Gasteiger partial charge on any atom is 0.328 e. The van der Waals surface area contributed by atoms with Crippen molar-refractivity contribution < 1.29 is 27.5 Å². The van der Waals surface area contributed by atoms with Gasteiger partial charge < -0.3 is 14.4 Å². The van der Waals surface area contributed by atoms with E-state index in [0.717, 1.165) is 0 Å². The van der Waals surface area contributed by atoms with Crippen LogP contribution < -0.4 is 4.74 Å². The highest BCUT2D eigenvalue weighted by Crippen LogP contribution is 2.24. The van der Waals surface area contributed by atoms with Gasteiger partial charge in [0.2, 0.25) is 5.91 Å². The van der Waals surface area contributed by atoms with Crippen molar-refractivity contribution in [3.05, 3.63) is 29.8 Å². The summed E-state index contributed by atoms with van der Waals surface area (Å²) in [5.74, 6) is -0.446. The number of hydrogen-bond donors (Lipinski definition) is 0. The van der Waals surface area contributed by atoms with Crippen LogP contribution in [0.25, 0.3) is 0 Å². The normalized spacial score (nSPS) is 19.9. The van der Waals surface area contributed by atoms with Crippen LogP contribution in [-0.2, 0) is 30.6 Å². The Labute approximate surface area is 147 Å². The van der Waals surface area contributed by atoms with Crippen molar-refractivity contribution in [2.75, 3.05) is 25.7 Å². The fourth-order valence-corrected chi connectivity index (χ4v) is 4.83. The van der Waals surface area contributed by atoms with Gasteiger partial charge in [-0.2, -0.15) is 0 Å². The Morgan fingerprint density at radius 2 is 1.96 bits per heavy atom. The lowest BCUT2D eigenvalue weighted by Crippen LogP contribution is -2.50. The molecule has 25 heavy (non-hydrogen) atoms. The molecule has 0 saturated carbocycles. The van der Waals surface area contributed by atoms with Crippen molar-refractivity contribution in [2.24, 2.45) is 0 Å². The second-order valence-corrected chi connectivity index (χ2v) is 8.27. The van der Waals surface area contributed by atoms with E-state index in [1.165, 1.54) is 19.1 Å². The number of methoxy groups -OCH3 is 2. The number of carbonyl (C=O) groups is 2. The summed E-state index contributed by atoms with van der Waals surface area (Å²) in [4.78, 5) is 26.2. The Bertz CT molecular complexity index is 745. The van der Waals surface area contributed by atoms with Crippen LogP contribution in [0.2, 0.25) is 0 Å². The van der Waals surface area contributed by atoms with Gasteiger partial charge in [0.25, 0.3) is 0 Å². The molecule has 0 aliphatic carbocycles. The highest BCUT2D eigenvalue weighted by molar-refractivity contribution is 7.91. The zero-order chi connectivity index (χ0) is 18.6. The third kappa shape index (κ3) is 4.50. The highest BCUT2D eigenvalue weighted by atomic mass is 32.2. The average molecular weight is 369 g/mol. The number of ether oxygens (including phenoxy) is 2. The number of para-hydroxylation sites is 1. The van der Waals surface area contributed by atoms with Gasteiger partial charge in [0.05, 0.1) is 32.1 Å². The van der Waals surface area contributed by atoms with E-state index in [4.69, 9.17) is 9.47 Å². The molecule has 2 rings (SSSR count). The molecule has 1 aromatic rings. The molecule has 0 bridgehead atoms. The number of benzene rings is 1. The predicted molar refractivity (Wildman–Crippen MR) is 92.1 cm³/mol. The first-order valence-electron chi connectivity index (χ1n) is 8.00. The van der Waals surface area contributed by atoms with Gasteiger partial charge in [-0.1, -0.05) is 18.2 Å². The highest BCUT2D eigenvalue weighted by Gasteiger charge is 2.39. The van der Waals surface area contributed by atoms with Gasteiger partial charge in [-0.15, -0.1) is 0 Å². The first-order valence-corrected chi connectivity index (χ1v) is 9.82. The summed E-state index contributed by atoms with van der Waals surface area (Å²) in [6.45, 7) is 1.55. The molecule has 7 nitrogen and oxygen atoms in total. The quantitative estimate of drug-likeness (QED) is 0.690. The fourth-order valence-electron chi connectivity index (χ4n) is 3.12. The first kappa shape index (κ1) is 19.2. The van der Waals surface area contributed by atoms with Crippen LogP contribution in [0.5, 0.6) is 5.75 Å². The maximum absolute atomic E-state index is 12.9. The lowest BCUT2D eigenvalue weighted by Gasteiger charge is -2.32. The summed E-state index contributed by atoms with van der Waals surface area (Å²) < 4.78 is 33.6. The summed E-state index contributed by atoms with van der Waals surface area (Å²) in [5, 5.41) is 0. The summed E-state index contributed by atoms with van der Waals surface area (Å²) in [7, 11) is -0.438. The van der Waals surface area contributed by atoms with Gasteiger partial charge in [0.1, 0.15) is 11.8 Å². The summed E-state index contributed by atoms with van der Waals surface area (Å²) in [5.41, 5.74) is 0.679. The Hall–Kier alpha value is -2.09. The van der Waals surface area contributed by atoms with E-state index >= 15 is 0 Å². The minimum atomic E-state index is -3.20. The molecule has 0 spiro atoms. The standard InChI is InChI=1S/C17H23NO6S/c1-12(17(20)24-3)18(14-8-9-25(21,22)11-14)16(19)10-13-6-4-5-7-15(13)23-2/h4-7,12,14H,8-11H2,1-3H3/t12-,14-/m1/s1. The fraction of sp³-hybridized carbons (Fsp3) is 0.529. The van der Waals surface area contributed by atoms with E-state index in [2.05, 4.69) is 0 Å². The summed E-state index contributed by atoms with van der Waals surface area (Å²) >= 11 is 0. The zero-order valence-electron chi connectivity index (χ0n) is 14.6. The van der Waals surface area contributed by atoms with Gasteiger partial charge in [-0.05, 0) is 19.4 Å². The lowest BCUT2D eigenvalue weighted by molar-refractivity contribution is -0.153. The molecular weight excluding hydrogens is 346 g/mol. The molecule has 2 atom stereocenters. The lowest BCUT2D eigenvalue weighted by atomic mass is 10.1. The molecule has 1 aliphatic heterocycles. The van der Waals surface area contributed by atoms with Crippen molar-refractivity contribution in [3.8, 4) is 5.75 Å². The number of amides is 1. The van der Waals surface area contributed by atoms with E-state index in [9.17, 15) is 18.0 Å². The molecule has 0 radical (unpaired) electrons. The van der Waals surface area contributed by atoms with E-state index in [0.29, 0.717) is 17.7 Å². The number of rotatable bonds is 6. The zero-order valence-corrected chi connectivity index (χ0v) is 15.4. The predicted octanol–water partition coefficient (Wildman–Crippen LogP) is 0.815. The van der Waals surface area contributed by atoms with Crippen molar-refractivity contribution >= 4 is 21.7 Å². The second-order valence-electron chi connectivity index (χ2n) is 6.05. The van der Waals surface area contributed by atoms with Gasteiger partial charge in [-0.25, -0.2) is 13.2 Å². The van der Waals surface area contributed by atoms with Crippen LogP contribution in [0.3, 0.4) is 0 Å². The molecule has 1 heterocycles. The number of hydrogen-bond acceptors (Lipinski definition) is 6. The number of sulfone groups is 1. The number of nitrogens with zero attached hydrogens (tertiary/aromatic N) is 1. The molecule has 138 valence electrons.